The van der Waals surface area contributed by atoms with Crippen molar-refractivity contribution in [1.82, 2.24) is 10.6 Å². The molecule has 0 aromatic heterocycles. The Morgan fingerprint density at radius 2 is 1.93 bits per heavy atom. The first-order chi connectivity index (χ1) is 13.9. The Balaban J connectivity index is 1.95. The zero-order valence-electron chi connectivity index (χ0n) is 16.3. The van der Waals surface area contributed by atoms with Crippen molar-refractivity contribution in [1.29, 1.82) is 0 Å². The highest BCUT2D eigenvalue weighted by molar-refractivity contribution is 7.80. The van der Waals surface area contributed by atoms with E-state index in [9.17, 15) is 4.79 Å². The number of carbonyl (C=O) groups is 1. The molecule has 0 fully saturated rings. The summed E-state index contributed by atoms with van der Waals surface area (Å²) in [6.07, 6.45) is 0. The Morgan fingerprint density at radius 1 is 1.21 bits per heavy atom. The topological polar surface area (TPSA) is 71.6 Å². The molecule has 152 valence electrons. The second-order valence-corrected chi connectivity index (χ2v) is 7.22. The van der Waals surface area contributed by atoms with Crippen LogP contribution in [0.15, 0.2) is 53.7 Å². The first-order valence-electron chi connectivity index (χ1n) is 9.08. The minimum Gasteiger partial charge on any atom is -0.493 e. The Morgan fingerprint density at radius 3 is 2.59 bits per heavy atom. The standard InChI is InChI=1S/C21H22ClN3O3S/c1-4-28-16-10-5-13(11-17(16)27-3)19-18(12(2)23-21(29)25-19)20(26)24-15-8-6-14(22)7-9-15/h5-11,19H,4H2,1-3H3,(H,24,26)(H2,23,25,29)/t19-/m1/s1. The maximum atomic E-state index is 13.1. The number of anilines is 1. The van der Waals surface area contributed by atoms with Crippen LogP contribution < -0.4 is 25.4 Å². The predicted molar refractivity (Wildman–Crippen MR) is 119 cm³/mol. The van der Waals surface area contributed by atoms with Gasteiger partial charge >= 0.3 is 0 Å². The number of ether oxygens (including phenoxy) is 2. The van der Waals surface area contributed by atoms with Gasteiger partial charge in [0.1, 0.15) is 0 Å². The molecule has 1 heterocycles. The van der Waals surface area contributed by atoms with Gasteiger partial charge in [-0.15, -0.1) is 0 Å². The van der Waals surface area contributed by atoms with Crippen molar-refractivity contribution in [2.45, 2.75) is 19.9 Å². The molecule has 1 amide bonds. The summed E-state index contributed by atoms with van der Waals surface area (Å²) in [5.41, 5.74) is 2.68. The number of hydrogen-bond acceptors (Lipinski definition) is 4. The second-order valence-electron chi connectivity index (χ2n) is 6.37. The minimum atomic E-state index is -0.444. The van der Waals surface area contributed by atoms with E-state index in [1.165, 1.54) is 0 Å². The van der Waals surface area contributed by atoms with Crippen molar-refractivity contribution in [2.75, 3.05) is 19.0 Å². The van der Waals surface area contributed by atoms with Crippen LogP contribution in [0.4, 0.5) is 5.69 Å². The van der Waals surface area contributed by atoms with Gasteiger partial charge in [0.25, 0.3) is 5.91 Å². The molecule has 0 radical (unpaired) electrons. The average Bonchev–Trinajstić information content (AvgIpc) is 2.69. The monoisotopic (exact) mass is 431 g/mol. The second kappa shape index (κ2) is 9.15. The molecule has 0 spiro atoms. The molecule has 0 unspecified atom stereocenters. The fraction of sp³-hybridized carbons (Fsp3) is 0.238. The third-order valence-corrected chi connectivity index (χ3v) is 4.91. The van der Waals surface area contributed by atoms with Gasteiger partial charge in [-0.25, -0.2) is 0 Å². The van der Waals surface area contributed by atoms with Gasteiger partial charge < -0.3 is 25.4 Å². The summed E-state index contributed by atoms with van der Waals surface area (Å²) < 4.78 is 11.0. The number of thiocarbonyl (C=S) groups is 1. The molecule has 8 heteroatoms. The number of methoxy groups -OCH3 is 1. The fourth-order valence-corrected chi connectivity index (χ4v) is 3.51. The zero-order valence-corrected chi connectivity index (χ0v) is 17.9. The third-order valence-electron chi connectivity index (χ3n) is 4.44. The van der Waals surface area contributed by atoms with E-state index in [-0.39, 0.29) is 5.91 Å². The van der Waals surface area contributed by atoms with E-state index in [0.29, 0.717) is 45.2 Å². The van der Waals surface area contributed by atoms with Crippen molar-refractivity contribution in [3.05, 3.63) is 64.3 Å². The Labute approximate surface area is 180 Å². The van der Waals surface area contributed by atoms with Crippen LogP contribution in [0.1, 0.15) is 25.5 Å². The lowest BCUT2D eigenvalue weighted by Gasteiger charge is -2.30. The molecule has 6 nitrogen and oxygen atoms in total. The van der Waals surface area contributed by atoms with Gasteiger partial charge in [-0.1, -0.05) is 17.7 Å². The van der Waals surface area contributed by atoms with Crippen LogP contribution in [0.25, 0.3) is 0 Å². The first-order valence-corrected chi connectivity index (χ1v) is 9.87. The molecule has 0 saturated carbocycles. The summed E-state index contributed by atoms with van der Waals surface area (Å²) in [5, 5.41) is 10.2. The molecule has 1 aliphatic rings. The molecule has 0 bridgehead atoms. The van der Waals surface area contributed by atoms with Gasteiger partial charge in [-0.2, -0.15) is 0 Å². The van der Waals surface area contributed by atoms with E-state index in [2.05, 4.69) is 16.0 Å². The summed E-state index contributed by atoms with van der Waals surface area (Å²) in [6.45, 7) is 4.26. The van der Waals surface area contributed by atoms with Gasteiger partial charge in [-0.05, 0) is 68.0 Å². The van der Waals surface area contributed by atoms with E-state index < -0.39 is 6.04 Å². The predicted octanol–water partition coefficient (Wildman–Crippen LogP) is 4.18. The summed E-state index contributed by atoms with van der Waals surface area (Å²) in [6, 6.07) is 12.1. The van der Waals surface area contributed by atoms with E-state index >= 15 is 0 Å². The van der Waals surface area contributed by atoms with Gasteiger partial charge in [0.2, 0.25) is 0 Å². The van der Waals surface area contributed by atoms with Gasteiger partial charge in [0.05, 0.1) is 25.3 Å². The molecule has 1 atom stereocenters. The summed E-state index contributed by atoms with van der Waals surface area (Å²) >= 11 is 11.2. The highest BCUT2D eigenvalue weighted by Crippen LogP contribution is 2.34. The van der Waals surface area contributed by atoms with Gasteiger partial charge in [0.15, 0.2) is 16.6 Å². The number of benzene rings is 2. The highest BCUT2D eigenvalue weighted by Gasteiger charge is 2.30. The summed E-state index contributed by atoms with van der Waals surface area (Å²) in [4.78, 5) is 13.1. The van der Waals surface area contributed by atoms with E-state index in [1.54, 1.807) is 31.4 Å². The third kappa shape index (κ3) is 4.81. The van der Waals surface area contributed by atoms with E-state index in [4.69, 9.17) is 33.3 Å². The summed E-state index contributed by atoms with van der Waals surface area (Å²) in [7, 11) is 1.58. The lowest BCUT2D eigenvalue weighted by Crippen LogP contribution is -2.45. The number of hydrogen-bond donors (Lipinski definition) is 3. The van der Waals surface area contributed by atoms with E-state index in [1.807, 2.05) is 32.0 Å². The fourth-order valence-electron chi connectivity index (χ4n) is 3.12. The number of carbonyl (C=O) groups excluding carboxylic acids is 1. The van der Waals surface area contributed by atoms with Crippen molar-refractivity contribution in [3.63, 3.8) is 0 Å². The smallest absolute Gasteiger partial charge is 0.255 e. The lowest BCUT2D eigenvalue weighted by molar-refractivity contribution is -0.113. The van der Waals surface area contributed by atoms with Crippen LogP contribution in [-0.2, 0) is 4.79 Å². The van der Waals surface area contributed by atoms with E-state index in [0.717, 1.165) is 5.56 Å². The van der Waals surface area contributed by atoms with Crippen LogP contribution >= 0.6 is 23.8 Å². The zero-order chi connectivity index (χ0) is 21.0. The molecule has 2 aromatic carbocycles. The molecular weight excluding hydrogens is 410 g/mol. The van der Waals surface area contributed by atoms with Crippen molar-refractivity contribution in [3.8, 4) is 11.5 Å². The van der Waals surface area contributed by atoms with Crippen LogP contribution in [0, 0.1) is 0 Å². The quantitative estimate of drug-likeness (QED) is 0.596. The first kappa shape index (κ1) is 21.0. The van der Waals surface area contributed by atoms with Crippen LogP contribution in [0.5, 0.6) is 11.5 Å². The van der Waals surface area contributed by atoms with Crippen molar-refractivity contribution < 1.29 is 14.3 Å². The maximum absolute atomic E-state index is 13.1. The lowest BCUT2D eigenvalue weighted by atomic mass is 9.94. The molecule has 1 aliphatic heterocycles. The van der Waals surface area contributed by atoms with Crippen LogP contribution in [0.3, 0.4) is 0 Å². The Hall–Kier alpha value is -2.77. The maximum Gasteiger partial charge on any atom is 0.255 e. The number of nitrogens with one attached hydrogen (secondary N) is 3. The van der Waals surface area contributed by atoms with Crippen LogP contribution in [0.2, 0.25) is 5.02 Å². The molecule has 0 aliphatic carbocycles. The van der Waals surface area contributed by atoms with Gasteiger partial charge in [-0.3, -0.25) is 4.79 Å². The summed E-state index contributed by atoms with van der Waals surface area (Å²) in [5.74, 6) is 0.985. The molecule has 0 saturated heterocycles. The normalized spacial score (nSPS) is 16.0. The Bertz CT molecular complexity index is 960. The van der Waals surface area contributed by atoms with Crippen molar-refractivity contribution in [2.24, 2.45) is 0 Å². The average molecular weight is 432 g/mol. The molecule has 3 N–H and O–H groups in total. The number of allylic oxidation sites excluding steroid dienone is 1. The molecule has 2 aromatic rings. The minimum absolute atomic E-state index is 0.245. The molecule has 3 rings (SSSR count). The largest absolute Gasteiger partial charge is 0.493 e. The molecular formula is C21H22ClN3O3S. The SMILES string of the molecule is CCOc1ccc([C@H]2NC(=S)NC(C)=C2C(=O)Nc2ccc(Cl)cc2)cc1OC. The van der Waals surface area contributed by atoms with Crippen molar-refractivity contribution >= 4 is 40.5 Å². The van der Waals surface area contributed by atoms with Crippen LogP contribution in [-0.4, -0.2) is 24.7 Å². The number of amides is 1. The number of rotatable bonds is 6. The molecule has 29 heavy (non-hydrogen) atoms. The Kier molecular flexibility index (Phi) is 6.61. The van der Waals surface area contributed by atoms with Gasteiger partial charge in [0, 0.05) is 16.4 Å². The highest BCUT2D eigenvalue weighted by atomic mass is 35.5. The number of halogens is 1.